The molecule has 3 N–H and O–H groups in total. The molecule has 0 atom stereocenters. The highest BCUT2D eigenvalue weighted by molar-refractivity contribution is 7.05. The van der Waals surface area contributed by atoms with Crippen molar-refractivity contribution in [2.75, 3.05) is 5.32 Å². The van der Waals surface area contributed by atoms with Gasteiger partial charge in [-0.2, -0.15) is 0 Å². The van der Waals surface area contributed by atoms with Crippen LogP contribution in [-0.2, 0) is 0 Å². The van der Waals surface area contributed by atoms with Gasteiger partial charge >= 0.3 is 0 Å². The van der Waals surface area contributed by atoms with Crippen LogP contribution in [0.3, 0.4) is 0 Å². The second-order valence-electron chi connectivity index (χ2n) is 2.82. The average Bonchev–Trinajstić information content (AvgIpc) is 1.96. The van der Waals surface area contributed by atoms with Gasteiger partial charge in [0.1, 0.15) is 5.82 Å². The summed E-state index contributed by atoms with van der Waals surface area (Å²) in [5, 5.41) is 6.18. The van der Waals surface area contributed by atoms with Crippen molar-refractivity contribution in [2.45, 2.75) is 26.8 Å². The molecule has 12 heavy (non-hydrogen) atoms. The van der Waals surface area contributed by atoms with Crippen molar-refractivity contribution in [3.63, 3.8) is 0 Å². The molecular formula is C6H13ClN4S. The number of hydrogen-bond donors (Lipinski definition) is 3. The fourth-order valence-electron chi connectivity index (χ4n) is 0.782. The largest absolute Gasteiger partial charge is 0.367 e. The summed E-state index contributed by atoms with van der Waals surface area (Å²) < 4.78 is 4.14. The van der Waals surface area contributed by atoms with Gasteiger partial charge < -0.3 is 5.32 Å². The molecule has 0 aliphatic rings. The van der Waals surface area contributed by atoms with Crippen LogP contribution in [0, 0.1) is 6.92 Å². The molecule has 0 spiro atoms. The van der Waals surface area contributed by atoms with E-state index in [2.05, 4.69) is 28.8 Å². The fourth-order valence-corrected chi connectivity index (χ4v) is 1.44. The number of hydrogen-bond acceptors (Lipinski definition) is 2. The number of H-pyrrole nitrogens is 2. The van der Waals surface area contributed by atoms with Crippen LogP contribution in [0.2, 0.25) is 0 Å². The van der Waals surface area contributed by atoms with E-state index < -0.39 is 0 Å². The second kappa shape index (κ2) is 3.91. The maximum Gasteiger partial charge on any atom is 0.135 e. The summed E-state index contributed by atoms with van der Waals surface area (Å²) in [4.78, 5) is 1.14. The number of aryl methyl sites for hydroxylation is 1. The van der Waals surface area contributed by atoms with E-state index in [0.29, 0.717) is 6.04 Å². The molecule has 70 valence electrons. The van der Waals surface area contributed by atoms with E-state index in [4.69, 9.17) is 11.8 Å². The van der Waals surface area contributed by atoms with Gasteiger partial charge in [-0.15, -0.1) is 4.32 Å². The minimum absolute atomic E-state index is 0.395. The minimum Gasteiger partial charge on any atom is -0.367 e. The van der Waals surface area contributed by atoms with Crippen molar-refractivity contribution >= 4 is 29.1 Å². The van der Waals surface area contributed by atoms with E-state index in [1.54, 1.807) is 0 Å². The SMILES string of the molecule is Cc1s[nH]n(Cl)[nH]c1NC(C)C. The third kappa shape index (κ3) is 2.49. The van der Waals surface area contributed by atoms with Crippen LogP contribution < -0.4 is 5.32 Å². The van der Waals surface area contributed by atoms with Crippen LogP contribution in [0.25, 0.3) is 0 Å². The molecule has 0 aliphatic heterocycles. The molecule has 0 saturated carbocycles. The van der Waals surface area contributed by atoms with E-state index in [0.717, 1.165) is 10.7 Å². The highest BCUT2D eigenvalue weighted by Crippen LogP contribution is 2.13. The molecular weight excluding hydrogens is 196 g/mol. The molecule has 0 bridgehead atoms. The van der Waals surface area contributed by atoms with Crippen LogP contribution in [0.1, 0.15) is 18.7 Å². The summed E-state index contributed by atoms with van der Waals surface area (Å²) >= 11 is 7.15. The summed E-state index contributed by atoms with van der Waals surface area (Å²) in [6.45, 7) is 6.17. The Labute approximate surface area is 80.5 Å². The monoisotopic (exact) mass is 208 g/mol. The Morgan fingerprint density at radius 2 is 2.25 bits per heavy atom. The first-order valence-electron chi connectivity index (χ1n) is 3.72. The number of anilines is 1. The normalized spacial score (nSPS) is 10.4. The molecule has 1 rings (SSSR count). The number of nitrogens with zero attached hydrogens (tertiary/aromatic N) is 1. The molecule has 0 unspecified atom stereocenters. The lowest BCUT2D eigenvalue weighted by molar-refractivity contribution is 0.806. The molecule has 0 aliphatic carbocycles. The van der Waals surface area contributed by atoms with Gasteiger partial charge in [0.25, 0.3) is 0 Å². The molecule has 0 saturated heterocycles. The topological polar surface area (TPSA) is 48.5 Å². The van der Waals surface area contributed by atoms with Crippen LogP contribution in [0.5, 0.6) is 0 Å². The first kappa shape index (κ1) is 9.54. The molecule has 6 heteroatoms. The zero-order valence-electron chi connectivity index (χ0n) is 7.31. The highest BCUT2D eigenvalue weighted by Gasteiger charge is 2.00. The third-order valence-corrected chi connectivity index (χ3v) is 2.33. The van der Waals surface area contributed by atoms with Gasteiger partial charge in [-0.3, -0.25) is 5.10 Å². The van der Waals surface area contributed by atoms with E-state index >= 15 is 0 Å². The predicted molar refractivity (Wildman–Crippen MR) is 53.4 cm³/mol. The average molecular weight is 209 g/mol. The molecule has 0 radical (unpaired) electrons. The first-order valence-corrected chi connectivity index (χ1v) is 4.87. The van der Waals surface area contributed by atoms with Gasteiger partial charge in [0.15, 0.2) is 0 Å². The van der Waals surface area contributed by atoms with Gasteiger partial charge in [-0.25, -0.2) is 4.49 Å². The van der Waals surface area contributed by atoms with Gasteiger partial charge in [-0.1, -0.05) is 0 Å². The lowest BCUT2D eigenvalue weighted by atomic mass is 10.4. The molecule has 0 fully saturated rings. The summed E-state index contributed by atoms with van der Waals surface area (Å²) in [6.07, 6.45) is 0. The number of halogens is 1. The summed E-state index contributed by atoms with van der Waals surface area (Å²) in [5.41, 5.74) is 0. The number of rotatable bonds is 2. The van der Waals surface area contributed by atoms with E-state index in [1.165, 1.54) is 15.8 Å². The van der Waals surface area contributed by atoms with Crippen LogP contribution in [0.15, 0.2) is 0 Å². The standard InChI is InChI=1S/C6H13ClN4S/c1-4(2)8-6-5(3)12-10-11(7)9-6/h4,8-10H,1-3H3. The smallest absolute Gasteiger partial charge is 0.135 e. The van der Waals surface area contributed by atoms with Crippen molar-refractivity contribution in [2.24, 2.45) is 0 Å². The van der Waals surface area contributed by atoms with Gasteiger partial charge in [0.2, 0.25) is 0 Å². The molecule has 0 aromatic carbocycles. The minimum atomic E-state index is 0.395. The molecule has 1 heterocycles. The van der Waals surface area contributed by atoms with Gasteiger partial charge in [0, 0.05) is 6.04 Å². The Bertz CT molecular complexity index is 278. The molecule has 1 aromatic heterocycles. The first-order chi connectivity index (χ1) is 5.59. The van der Waals surface area contributed by atoms with Crippen LogP contribution in [-0.4, -0.2) is 19.9 Å². The quantitative estimate of drug-likeness (QED) is 0.687. The van der Waals surface area contributed by atoms with Crippen molar-refractivity contribution in [3.05, 3.63) is 4.88 Å². The van der Waals surface area contributed by atoms with E-state index in [-0.39, 0.29) is 0 Å². The maximum absolute atomic E-state index is 5.68. The van der Waals surface area contributed by atoms with E-state index in [9.17, 15) is 0 Å². The Kier molecular flexibility index (Phi) is 3.11. The maximum atomic E-state index is 5.68. The van der Waals surface area contributed by atoms with Gasteiger partial charge in [-0.05, 0) is 32.3 Å². The summed E-state index contributed by atoms with van der Waals surface area (Å²) in [7, 11) is 0. The predicted octanol–water partition coefficient (Wildman–Crippen LogP) is 2.46. The zero-order valence-corrected chi connectivity index (χ0v) is 8.88. The lowest BCUT2D eigenvalue weighted by Crippen LogP contribution is -2.13. The van der Waals surface area contributed by atoms with Crippen molar-refractivity contribution in [1.82, 2.24) is 13.9 Å². The fraction of sp³-hybridized carbons (Fsp3) is 0.667. The number of aromatic nitrogens is 3. The number of aromatic amines is 2. The van der Waals surface area contributed by atoms with E-state index in [1.807, 2.05) is 6.92 Å². The van der Waals surface area contributed by atoms with Crippen molar-refractivity contribution in [3.8, 4) is 0 Å². The summed E-state index contributed by atoms with van der Waals surface area (Å²) in [5.74, 6) is 0.948. The lowest BCUT2D eigenvalue weighted by Gasteiger charge is -2.12. The van der Waals surface area contributed by atoms with Crippen molar-refractivity contribution in [1.29, 1.82) is 0 Å². The Balaban J connectivity index is 2.90. The summed E-state index contributed by atoms with van der Waals surface area (Å²) in [6, 6.07) is 0.395. The molecule has 0 amide bonds. The van der Waals surface area contributed by atoms with Crippen molar-refractivity contribution < 1.29 is 0 Å². The van der Waals surface area contributed by atoms with Crippen LogP contribution >= 0.6 is 23.3 Å². The Morgan fingerprint density at radius 1 is 1.58 bits per heavy atom. The number of nitrogens with one attached hydrogen (secondary N) is 3. The highest BCUT2D eigenvalue weighted by atomic mass is 35.5. The van der Waals surface area contributed by atoms with Crippen LogP contribution in [0.4, 0.5) is 5.82 Å². The third-order valence-electron chi connectivity index (χ3n) is 1.27. The Hall–Kier alpha value is -0.550. The molecule has 1 aromatic rings. The second-order valence-corrected chi connectivity index (χ2v) is 4.15. The van der Waals surface area contributed by atoms with Gasteiger partial charge in [0.05, 0.1) is 16.7 Å². The molecule has 4 nitrogen and oxygen atoms in total. The Morgan fingerprint density at radius 3 is 2.83 bits per heavy atom. The zero-order chi connectivity index (χ0) is 9.14.